The molecule has 0 aliphatic carbocycles. The van der Waals surface area contributed by atoms with Gasteiger partial charge in [-0.2, -0.15) is 0 Å². The van der Waals surface area contributed by atoms with E-state index in [0.29, 0.717) is 12.0 Å². The summed E-state index contributed by atoms with van der Waals surface area (Å²) in [5.41, 5.74) is 1.36. The molecule has 0 aromatic heterocycles. The van der Waals surface area contributed by atoms with Crippen molar-refractivity contribution in [1.82, 2.24) is 5.32 Å². The fourth-order valence-electron chi connectivity index (χ4n) is 3.58. The molecule has 0 radical (unpaired) electrons. The fraction of sp³-hybridized carbons (Fsp3) is 0.692. The first-order valence-corrected chi connectivity index (χ1v) is 12.4. The number of rotatable bonds is 18. The Morgan fingerprint density at radius 2 is 1.13 bits per heavy atom. The van der Waals surface area contributed by atoms with E-state index in [4.69, 9.17) is 0 Å². The summed E-state index contributed by atoms with van der Waals surface area (Å²) in [5, 5.41) is 5.77. The summed E-state index contributed by atoms with van der Waals surface area (Å²) < 4.78 is 0. The van der Waals surface area contributed by atoms with E-state index >= 15 is 0 Å². The second-order valence-electron chi connectivity index (χ2n) is 8.33. The van der Waals surface area contributed by atoms with Gasteiger partial charge in [-0.15, -0.1) is 0 Å². The predicted octanol–water partition coefficient (Wildman–Crippen LogP) is 7.25. The molecule has 1 aromatic carbocycles. The van der Waals surface area contributed by atoms with Crippen LogP contribution in [-0.4, -0.2) is 18.4 Å². The van der Waals surface area contributed by atoms with Gasteiger partial charge in [0.25, 0.3) is 5.91 Å². The van der Waals surface area contributed by atoms with Crippen molar-refractivity contribution >= 4 is 17.5 Å². The molecule has 170 valence electrons. The molecule has 2 N–H and O–H groups in total. The molecule has 1 rings (SSSR count). The molecule has 0 aliphatic heterocycles. The molecule has 0 bridgehead atoms. The van der Waals surface area contributed by atoms with Crippen LogP contribution in [0.3, 0.4) is 0 Å². The summed E-state index contributed by atoms with van der Waals surface area (Å²) in [4.78, 5) is 23.5. The molecule has 0 unspecified atom stereocenters. The molecule has 4 nitrogen and oxygen atoms in total. The zero-order chi connectivity index (χ0) is 21.9. The molecule has 0 fully saturated rings. The van der Waals surface area contributed by atoms with Gasteiger partial charge in [0.2, 0.25) is 5.91 Å². The first-order valence-electron chi connectivity index (χ1n) is 12.4. The van der Waals surface area contributed by atoms with Crippen LogP contribution in [-0.2, 0) is 4.79 Å². The van der Waals surface area contributed by atoms with E-state index in [1.54, 1.807) is 24.3 Å². The topological polar surface area (TPSA) is 58.2 Å². The van der Waals surface area contributed by atoms with Crippen LogP contribution in [0.1, 0.15) is 121 Å². The van der Waals surface area contributed by atoms with Gasteiger partial charge in [-0.05, 0) is 30.7 Å². The minimum Gasteiger partial charge on any atom is -0.352 e. The first-order chi connectivity index (χ1) is 14.7. The summed E-state index contributed by atoms with van der Waals surface area (Å²) in [6, 6.07) is 7.06. The predicted molar refractivity (Wildman–Crippen MR) is 128 cm³/mol. The number of unbranched alkanes of at least 4 members (excludes halogenated alkanes) is 13. The van der Waals surface area contributed by atoms with E-state index in [9.17, 15) is 9.59 Å². The Morgan fingerprint density at radius 3 is 1.60 bits per heavy atom. The zero-order valence-electron chi connectivity index (χ0n) is 19.4. The summed E-state index contributed by atoms with van der Waals surface area (Å²) in [6.07, 6.45) is 19.2. The van der Waals surface area contributed by atoms with Gasteiger partial charge in [-0.25, -0.2) is 0 Å². The van der Waals surface area contributed by atoms with Crippen LogP contribution >= 0.6 is 0 Å². The minimum atomic E-state index is -0.0435. The van der Waals surface area contributed by atoms with Gasteiger partial charge in [0, 0.05) is 24.2 Å². The summed E-state index contributed by atoms with van der Waals surface area (Å²) in [5.74, 6) is -0.0666. The number of carbonyl (C=O) groups is 2. The van der Waals surface area contributed by atoms with Crippen molar-refractivity contribution in [1.29, 1.82) is 0 Å². The monoisotopic (exact) mass is 416 g/mol. The van der Waals surface area contributed by atoms with Gasteiger partial charge in [-0.1, -0.05) is 97.3 Å². The Balaban J connectivity index is 1.94. The Labute approximate surface area is 184 Å². The number of benzene rings is 1. The summed E-state index contributed by atoms with van der Waals surface area (Å²) in [7, 11) is 0. The maximum atomic E-state index is 12.2. The van der Waals surface area contributed by atoms with Crippen LogP contribution in [0, 0.1) is 0 Å². The Bertz CT molecular complexity index is 569. The maximum Gasteiger partial charge on any atom is 0.251 e. The molecule has 0 heterocycles. The van der Waals surface area contributed by atoms with Crippen molar-refractivity contribution in [3.63, 3.8) is 0 Å². The van der Waals surface area contributed by atoms with Gasteiger partial charge in [0.05, 0.1) is 0 Å². The highest BCUT2D eigenvalue weighted by atomic mass is 16.2. The van der Waals surface area contributed by atoms with Gasteiger partial charge >= 0.3 is 0 Å². The lowest BCUT2D eigenvalue weighted by Crippen LogP contribution is -2.24. The number of hydrogen-bond donors (Lipinski definition) is 2. The van der Waals surface area contributed by atoms with E-state index in [2.05, 4.69) is 17.6 Å². The summed E-state index contributed by atoms with van der Waals surface area (Å²) >= 11 is 0. The molecule has 0 aliphatic rings. The van der Waals surface area contributed by atoms with Crippen molar-refractivity contribution in [2.45, 2.75) is 110 Å². The third kappa shape index (κ3) is 13.4. The van der Waals surface area contributed by atoms with Crippen LogP contribution in [0.4, 0.5) is 5.69 Å². The zero-order valence-corrected chi connectivity index (χ0v) is 19.4. The van der Waals surface area contributed by atoms with Crippen molar-refractivity contribution in [3.8, 4) is 0 Å². The van der Waals surface area contributed by atoms with Crippen LogP contribution in [0.25, 0.3) is 0 Å². The SMILES string of the molecule is CCCCCCCCCCCCCCCCNC(=O)c1ccc(NC(=O)CC)cc1. The van der Waals surface area contributed by atoms with Crippen molar-refractivity contribution < 1.29 is 9.59 Å². The molecular weight excluding hydrogens is 372 g/mol. The van der Waals surface area contributed by atoms with E-state index in [1.165, 1.54) is 83.5 Å². The second-order valence-corrected chi connectivity index (χ2v) is 8.33. The van der Waals surface area contributed by atoms with Gasteiger partial charge in [0.1, 0.15) is 0 Å². The lowest BCUT2D eigenvalue weighted by atomic mass is 10.0. The van der Waals surface area contributed by atoms with E-state index in [0.717, 1.165) is 18.7 Å². The average Bonchev–Trinajstić information content (AvgIpc) is 2.76. The van der Waals surface area contributed by atoms with Crippen molar-refractivity contribution in [3.05, 3.63) is 29.8 Å². The summed E-state index contributed by atoms with van der Waals surface area (Å²) in [6.45, 7) is 4.81. The van der Waals surface area contributed by atoms with E-state index in [1.807, 2.05) is 6.92 Å². The molecule has 0 saturated heterocycles. The third-order valence-electron chi connectivity index (χ3n) is 5.57. The smallest absolute Gasteiger partial charge is 0.251 e. The second kappa shape index (κ2) is 18.0. The number of anilines is 1. The van der Waals surface area contributed by atoms with Crippen molar-refractivity contribution in [2.24, 2.45) is 0 Å². The number of hydrogen-bond acceptors (Lipinski definition) is 2. The molecular formula is C26H44N2O2. The van der Waals surface area contributed by atoms with Gasteiger partial charge < -0.3 is 10.6 Å². The minimum absolute atomic E-state index is 0.0231. The first kappa shape index (κ1) is 26.2. The Hall–Kier alpha value is -1.84. The number of nitrogens with one attached hydrogen (secondary N) is 2. The molecule has 0 atom stereocenters. The van der Waals surface area contributed by atoms with Gasteiger partial charge in [0.15, 0.2) is 0 Å². The van der Waals surface area contributed by atoms with Crippen LogP contribution in [0.5, 0.6) is 0 Å². The van der Waals surface area contributed by atoms with Crippen molar-refractivity contribution in [2.75, 3.05) is 11.9 Å². The largest absolute Gasteiger partial charge is 0.352 e. The average molecular weight is 417 g/mol. The highest BCUT2D eigenvalue weighted by Crippen LogP contribution is 2.13. The van der Waals surface area contributed by atoms with Gasteiger partial charge in [-0.3, -0.25) is 9.59 Å². The number of amides is 2. The maximum absolute atomic E-state index is 12.2. The molecule has 1 aromatic rings. The molecule has 4 heteroatoms. The number of carbonyl (C=O) groups excluding carboxylic acids is 2. The van der Waals surface area contributed by atoms with Crippen LogP contribution < -0.4 is 10.6 Å². The molecule has 30 heavy (non-hydrogen) atoms. The third-order valence-corrected chi connectivity index (χ3v) is 5.57. The van der Waals surface area contributed by atoms with E-state index in [-0.39, 0.29) is 11.8 Å². The standard InChI is InChI=1S/C26H44N2O2/c1-3-5-6-7-8-9-10-11-12-13-14-15-16-17-22-27-26(30)23-18-20-24(21-19-23)28-25(29)4-2/h18-21H,3-17,22H2,1-2H3,(H,27,30)(H,28,29). The molecule has 0 saturated carbocycles. The Morgan fingerprint density at radius 1 is 0.667 bits per heavy atom. The fourth-order valence-corrected chi connectivity index (χ4v) is 3.58. The van der Waals surface area contributed by atoms with Crippen LogP contribution in [0.15, 0.2) is 24.3 Å². The normalized spacial score (nSPS) is 10.7. The van der Waals surface area contributed by atoms with Crippen LogP contribution in [0.2, 0.25) is 0 Å². The molecule has 2 amide bonds. The van der Waals surface area contributed by atoms with E-state index < -0.39 is 0 Å². The lowest BCUT2D eigenvalue weighted by molar-refractivity contribution is -0.115. The quantitative estimate of drug-likeness (QED) is 0.248. The lowest BCUT2D eigenvalue weighted by Gasteiger charge is -2.07. The Kier molecular flexibility index (Phi) is 15.7. The molecule has 0 spiro atoms. The highest BCUT2D eigenvalue weighted by molar-refractivity contribution is 5.95. The highest BCUT2D eigenvalue weighted by Gasteiger charge is 2.05.